The first kappa shape index (κ1) is 19.4. The standard InChI is InChI=1S/C18H18IN3O5/c1-10-6-11(19)2-3-15(10)20-17-14(18(24)25)7-12(22(26)27)8-16(17)21-5-4-13(23)9-21/h2-3,6-8,13,20,23H,4-5,9H2,1H3,(H,24,25). The molecule has 0 radical (unpaired) electrons. The lowest BCUT2D eigenvalue weighted by Gasteiger charge is -2.24. The van der Waals surface area contributed by atoms with Crippen LogP contribution < -0.4 is 10.2 Å². The van der Waals surface area contributed by atoms with Crippen molar-refractivity contribution in [2.24, 2.45) is 0 Å². The number of β-amino-alcohol motifs (C(OH)–C–C–N with tert-alkyl or cyclic N) is 1. The summed E-state index contributed by atoms with van der Waals surface area (Å²) < 4.78 is 1.04. The number of carboxylic acids is 1. The number of rotatable bonds is 5. The molecule has 1 atom stereocenters. The number of non-ortho nitro benzene ring substituents is 1. The van der Waals surface area contributed by atoms with Gasteiger partial charge in [0, 0.05) is 34.5 Å². The highest BCUT2D eigenvalue weighted by Gasteiger charge is 2.28. The number of aliphatic hydroxyl groups is 1. The van der Waals surface area contributed by atoms with E-state index in [0.717, 1.165) is 15.2 Å². The van der Waals surface area contributed by atoms with E-state index in [-0.39, 0.29) is 16.9 Å². The Labute approximate surface area is 169 Å². The number of halogens is 1. The number of aromatic carboxylic acids is 1. The molecule has 0 aliphatic carbocycles. The summed E-state index contributed by atoms with van der Waals surface area (Å²) in [6.07, 6.45) is -0.0296. The van der Waals surface area contributed by atoms with Gasteiger partial charge in [-0.1, -0.05) is 0 Å². The molecule has 8 nitrogen and oxygen atoms in total. The Bertz CT molecular complexity index is 918. The van der Waals surface area contributed by atoms with Gasteiger partial charge in [-0.3, -0.25) is 10.1 Å². The lowest BCUT2D eigenvalue weighted by molar-refractivity contribution is -0.384. The van der Waals surface area contributed by atoms with Crippen molar-refractivity contribution in [2.45, 2.75) is 19.4 Å². The van der Waals surface area contributed by atoms with E-state index in [1.165, 1.54) is 6.07 Å². The number of carbonyl (C=O) groups is 1. The molecule has 2 aromatic carbocycles. The SMILES string of the molecule is Cc1cc(I)ccc1Nc1c(C(=O)O)cc([N+](=O)[O-])cc1N1CCC(O)C1. The molecular formula is C18H18IN3O5. The smallest absolute Gasteiger partial charge is 0.338 e. The lowest BCUT2D eigenvalue weighted by atomic mass is 10.1. The molecule has 142 valence electrons. The summed E-state index contributed by atoms with van der Waals surface area (Å²) in [6, 6.07) is 8.10. The van der Waals surface area contributed by atoms with Gasteiger partial charge in [0.2, 0.25) is 0 Å². The van der Waals surface area contributed by atoms with Crippen LogP contribution in [-0.2, 0) is 0 Å². The Morgan fingerprint density at radius 1 is 1.37 bits per heavy atom. The molecule has 0 saturated carbocycles. The minimum Gasteiger partial charge on any atom is -0.478 e. The number of nitro benzene ring substituents is 1. The van der Waals surface area contributed by atoms with Gasteiger partial charge in [-0.15, -0.1) is 0 Å². The topological polar surface area (TPSA) is 116 Å². The van der Waals surface area contributed by atoms with Crippen molar-refractivity contribution >= 4 is 51.3 Å². The molecule has 1 aliphatic heterocycles. The van der Waals surface area contributed by atoms with Crippen LogP contribution in [0.25, 0.3) is 0 Å². The normalized spacial score (nSPS) is 16.4. The van der Waals surface area contributed by atoms with E-state index in [1.807, 2.05) is 25.1 Å². The Balaban J connectivity index is 2.16. The number of hydrogen-bond acceptors (Lipinski definition) is 6. The number of aryl methyl sites for hydroxylation is 1. The molecule has 27 heavy (non-hydrogen) atoms. The third-order valence-electron chi connectivity index (χ3n) is 4.50. The molecule has 1 aliphatic rings. The predicted molar refractivity (Wildman–Crippen MR) is 110 cm³/mol. The van der Waals surface area contributed by atoms with Crippen LogP contribution in [0.1, 0.15) is 22.3 Å². The Hall–Kier alpha value is -2.40. The fourth-order valence-corrected chi connectivity index (χ4v) is 3.78. The number of hydrogen-bond donors (Lipinski definition) is 3. The molecule has 1 unspecified atom stereocenters. The molecule has 3 N–H and O–H groups in total. The highest BCUT2D eigenvalue weighted by atomic mass is 127. The van der Waals surface area contributed by atoms with E-state index in [0.29, 0.717) is 30.9 Å². The summed E-state index contributed by atoms with van der Waals surface area (Å²) in [6.45, 7) is 2.68. The minimum absolute atomic E-state index is 0.182. The number of aliphatic hydroxyl groups excluding tert-OH is 1. The monoisotopic (exact) mass is 483 g/mol. The quantitative estimate of drug-likeness (QED) is 0.339. The van der Waals surface area contributed by atoms with Gasteiger partial charge in [0.25, 0.3) is 5.69 Å². The molecule has 1 heterocycles. The van der Waals surface area contributed by atoms with Crippen molar-refractivity contribution in [2.75, 3.05) is 23.3 Å². The van der Waals surface area contributed by atoms with Crippen LogP contribution >= 0.6 is 22.6 Å². The van der Waals surface area contributed by atoms with Gasteiger partial charge in [-0.25, -0.2) is 4.79 Å². The number of carboxylic acid groups (broad SMARTS) is 1. The Morgan fingerprint density at radius 2 is 2.11 bits per heavy atom. The first-order chi connectivity index (χ1) is 12.8. The summed E-state index contributed by atoms with van der Waals surface area (Å²) in [5.41, 5.74) is 1.84. The van der Waals surface area contributed by atoms with Gasteiger partial charge < -0.3 is 20.4 Å². The lowest BCUT2D eigenvalue weighted by Crippen LogP contribution is -2.23. The molecule has 0 amide bonds. The fraction of sp³-hybridized carbons (Fsp3) is 0.278. The fourth-order valence-electron chi connectivity index (χ4n) is 3.13. The number of nitro groups is 1. The zero-order chi connectivity index (χ0) is 19.7. The molecule has 3 rings (SSSR count). The van der Waals surface area contributed by atoms with Crippen LogP contribution in [0.2, 0.25) is 0 Å². The van der Waals surface area contributed by atoms with Crippen LogP contribution in [0.3, 0.4) is 0 Å². The van der Waals surface area contributed by atoms with Gasteiger partial charge in [0.15, 0.2) is 0 Å². The second-order valence-corrected chi connectivity index (χ2v) is 7.67. The van der Waals surface area contributed by atoms with E-state index >= 15 is 0 Å². The first-order valence-electron chi connectivity index (χ1n) is 8.28. The molecule has 1 fully saturated rings. The van der Waals surface area contributed by atoms with Crippen LogP contribution in [0.4, 0.5) is 22.7 Å². The molecule has 2 aromatic rings. The first-order valence-corrected chi connectivity index (χ1v) is 9.36. The average molecular weight is 483 g/mol. The summed E-state index contributed by atoms with van der Waals surface area (Å²) in [4.78, 5) is 24.3. The number of benzene rings is 2. The van der Waals surface area contributed by atoms with E-state index in [1.54, 1.807) is 4.90 Å². The van der Waals surface area contributed by atoms with Gasteiger partial charge in [-0.05, 0) is 59.7 Å². The maximum absolute atomic E-state index is 11.8. The van der Waals surface area contributed by atoms with Crippen LogP contribution in [0, 0.1) is 20.6 Å². The molecule has 0 aromatic heterocycles. The summed E-state index contributed by atoms with van der Waals surface area (Å²) in [7, 11) is 0. The van der Waals surface area contributed by atoms with Gasteiger partial charge in [-0.2, -0.15) is 0 Å². The minimum atomic E-state index is -1.26. The highest BCUT2D eigenvalue weighted by Crippen LogP contribution is 2.38. The van der Waals surface area contributed by atoms with Crippen LogP contribution in [-0.4, -0.2) is 40.3 Å². The molecular weight excluding hydrogens is 465 g/mol. The summed E-state index contributed by atoms with van der Waals surface area (Å²) >= 11 is 2.19. The second kappa shape index (κ2) is 7.69. The Morgan fingerprint density at radius 3 is 2.67 bits per heavy atom. The van der Waals surface area contributed by atoms with E-state index in [9.17, 15) is 25.1 Å². The number of nitrogens with zero attached hydrogens (tertiary/aromatic N) is 2. The van der Waals surface area contributed by atoms with Crippen molar-refractivity contribution in [1.29, 1.82) is 0 Å². The van der Waals surface area contributed by atoms with E-state index in [2.05, 4.69) is 27.9 Å². The van der Waals surface area contributed by atoms with E-state index in [4.69, 9.17) is 0 Å². The molecule has 0 spiro atoms. The van der Waals surface area contributed by atoms with Crippen LogP contribution in [0.15, 0.2) is 30.3 Å². The Kier molecular flexibility index (Phi) is 5.51. The average Bonchev–Trinajstić information content (AvgIpc) is 3.03. The predicted octanol–water partition coefficient (Wildman–Crippen LogP) is 3.52. The van der Waals surface area contributed by atoms with Crippen molar-refractivity contribution in [3.05, 3.63) is 55.1 Å². The largest absolute Gasteiger partial charge is 0.478 e. The number of nitrogens with one attached hydrogen (secondary N) is 1. The second-order valence-electron chi connectivity index (χ2n) is 6.42. The number of anilines is 3. The third-order valence-corrected chi connectivity index (χ3v) is 5.17. The highest BCUT2D eigenvalue weighted by molar-refractivity contribution is 14.1. The zero-order valence-corrected chi connectivity index (χ0v) is 16.6. The van der Waals surface area contributed by atoms with Crippen molar-refractivity contribution in [1.82, 2.24) is 0 Å². The van der Waals surface area contributed by atoms with Crippen molar-refractivity contribution in [3.63, 3.8) is 0 Å². The van der Waals surface area contributed by atoms with Gasteiger partial charge in [0.05, 0.1) is 28.0 Å². The zero-order valence-electron chi connectivity index (χ0n) is 14.5. The summed E-state index contributed by atoms with van der Waals surface area (Å²) in [5, 5.41) is 33.9. The van der Waals surface area contributed by atoms with Gasteiger partial charge in [0.1, 0.15) is 0 Å². The maximum atomic E-state index is 11.8. The van der Waals surface area contributed by atoms with E-state index < -0.39 is 17.0 Å². The van der Waals surface area contributed by atoms with Crippen molar-refractivity contribution < 1.29 is 19.9 Å². The van der Waals surface area contributed by atoms with Crippen LogP contribution in [0.5, 0.6) is 0 Å². The third kappa shape index (κ3) is 4.14. The molecule has 1 saturated heterocycles. The maximum Gasteiger partial charge on any atom is 0.338 e. The van der Waals surface area contributed by atoms with Crippen molar-refractivity contribution in [3.8, 4) is 0 Å². The van der Waals surface area contributed by atoms with Gasteiger partial charge >= 0.3 is 5.97 Å². The molecule has 0 bridgehead atoms. The summed E-state index contributed by atoms with van der Waals surface area (Å²) in [5.74, 6) is -1.26. The molecule has 9 heteroatoms.